The summed E-state index contributed by atoms with van der Waals surface area (Å²) >= 11 is 0. The third-order valence-corrected chi connectivity index (χ3v) is 4.61. The average Bonchev–Trinajstić information content (AvgIpc) is 2.93. The van der Waals surface area contributed by atoms with Gasteiger partial charge in [0, 0.05) is 29.2 Å². The monoisotopic (exact) mass is 379 g/mol. The zero-order valence-corrected chi connectivity index (χ0v) is 15.7. The molecule has 1 aliphatic heterocycles. The summed E-state index contributed by atoms with van der Waals surface area (Å²) in [5.74, 6) is 2.04. The summed E-state index contributed by atoms with van der Waals surface area (Å²) in [6, 6.07) is 10.8. The van der Waals surface area contributed by atoms with Crippen LogP contribution >= 0.6 is 0 Å². The van der Waals surface area contributed by atoms with E-state index in [2.05, 4.69) is 9.97 Å². The van der Waals surface area contributed by atoms with Gasteiger partial charge in [-0.05, 0) is 25.1 Å². The zero-order chi connectivity index (χ0) is 19.7. The topological polar surface area (TPSA) is 99.7 Å². The van der Waals surface area contributed by atoms with Crippen molar-refractivity contribution in [3.63, 3.8) is 0 Å². The number of para-hydroxylation sites is 1. The number of anilines is 1. The summed E-state index contributed by atoms with van der Waals surface area (Å²) in [4.78, 5) is 8.77. The molecule has 2 heterocycles. The van der Waals surface area contributed by atoms with E-state index in [1.165, 1.54) is 6.07 Å². The minimum Gasteiger partial charge on any atom is -0.507 e. The van der Waals surface area contributed by atoms with Crippen LogP contribution in [0.1, 0.15) is 12.1 Å². The van der Waals surface area contributed by atoms with Crippen molar-refractivity contribution in [2.24, 2.45) is 0 Å². The quantitative estimate of drug-likeness (QED) is 0.717. The van der Waals surface area contributed by atoms with Crippen LogP contribution in [0.3, 0.4) is 0 Å². The lowest BCUT2D eigenvalue weighted by Gasteiger charge is -2.18. The molecule has 3 N–H and O–H groups in total. The zero-order valence-electron chi connectivity index (χ0n) is 15.7. The minimum absolute atomic E-state index is 0.0392. The first-order valence-electron chi connectivity index (χ1n) is 8.99. The van der Waals surface area contributed by atoms with Crippen LogP contribution in [0.25, 0.3) is 22.4 Å². The third kappa shape index (κ3) is 3.15. The molecule has 0 aliphatic carbocycles. The summed E-state index contributed by atoms with van der Waals surface area (Å²) in [6.45, 7) is 3.01. The molecule has 0 atom stereocenters. The van der Waals surface area contributed by atoms with Gasteiger partial charge in [0.15, 0.2) is 11.5 Å². The van der Waals surface area contributed by atoms with Gasteiger partial charge in [-0.2, -0.15) is 0 Å². The fourth-order valence-corrected chi connectivity index (χ4v) is 3.34. The number of rotatable bonds is 3. The number of nitrogens with zero attached hydrogens (tertiary/aromatic N) is 2. The van der Waals surface area contributed by atoms with Crippen LogP contribution in [0, 0.1) is 6.92 Å². The van der Waals surface area contributed by atoms with Gasteiger partial charge in [-0.25, -0.2) is 9.97 Å². The lowest BCUT2D eigenvalue weighted by atomic mass is 9.96. The average molecular weight is 379 g/mol. The summed E-state index contributed by atoms with van der Waals surface area (Å²) in [5.41, 5.74) is 9.18. The van der Waals surface area contributed by atoms with Gasteiger partial charge in [-0.1, -0.05) is 12.1 Å². The number of ether oxygens (including phenoxy) is 3. The van der Waals surface area contributed by atoms with Crippen LogP contribution in [-0.2, 0) is 0 Å². The summed E-state index contributed by atoms with van der Waals surface area (Å²) in [7, 11) is 1.54. The van der Waals surface area contributed by atoms with Gasteiger partial charge in [-0.3, -0.25) is 0 Å². The molecule has 144 valence electrons. The smallest absolute Gasteiger partial charge is 0.220 e. The highest BCUT2D eigenvalue weighted by Crippen LogP contribution is 2.45. The number of aromatic hydroxyl groups is 1. The van der Waals surface area contributed by atoms with Gasteiger partial charge in [0.25, 0.3) is 0 Å². The van der Waals surface area contributed by atoms with Gasteiger partial charge in [0.2, 0.25) is 5.95 Å². The number of hydrogen-bond acceptors (Lipinski definition) is 7. The van der Waals surface area contributed by atoms with Crippen molar-refractivity contribution in [1.82, 2.24) is 9.97 Å². The van der Waals surface area contributed by atoms with Gasteiger partial charge in [0.1, 0.15) is 11.5 Å². The molecular weight excluding hydrogens is 358 g/mol. The first kappa shape index (κ1) is 17.9. The Morgan fingerprint density at radius 1 is 1.07 bits per heavy atom. The van der Waals surface area contributed by atoms with Crippen molar-refractivity contribution >= 4 is 5.95 Å². The Bertz CT molecular complexity index is 1040. The number of phenols is 1. The highest BCUT2D eigenvalue weighted by atomic mass is 16.5. The molecule has 0 bridgehead atoms. The summed E-state index contributed by atoms with van der Waals surface area (Å²) < 4.78 is 17.0. The second kappa shape index (κ2) is 7.26. The van der Waals surface area contributed by atoms with Crippen LogP contribution in [0.4, 0.5) is 5.95 Å². The van der Waals surface area contributed by atoms with E-state index in [9.17, 15) is 5.11 Å². The molecule has 0 spiro atoms. The molecule has 4 rings (SSSR count). The maximum atomic E-state index is 10.6. The van der Waals surface area contributed by atoms with Crippen LogP contribution in [-0.4, -0.2) is 35.4 Å². The Morgan fingerprint density at radius 2 is 1.89 bits per heavy atom. The Hall–Kier alpha value is -3.48. The van der Waals surface area contributed by atoms with Crippen molar-refractivity contribution < 1.29 is 19.3 Å². The molecule has 1 aliphatic rings. The van der Waals surface area contributed by atoms with Gasteiger partial charge in [-0.15, -0.1) is 0 Å². The SMILES string of the molecule is COc1ccc(-c2nc(N)nc(C)c2-c2cccc3c2OCCCO3)c(O)c1. The molecule has 28 heavy (non-hydrogen) atoms. The molecule has 0 unspecified atom stereocenters. The Balaban J connectivity index is 1.97. The van der Waals surface area contributed by atoms with Crippen LogP contribution in [0.5, 0.6) is 23.0 Å². The number of benzene rings is 2. The number of methoxy groups -OCH3 is 1. The largest absolute Gasteiger partial charge is 0.507 e. The second-order valence-corrected chi connectivity index (χ2v) is 6.46. The number of aromatic nitrogens is 2. The summed E-state index contributed by atoms with van der Waals surface area (Å²) in [5, 5.41) is 10.6. The van der Waals surface area contributed by atoms with E-state index < -0.39 is 0 Å². The molecule has 0 saturated heterocycles. The molecule has 3 aromatic rings. The van der Waals surface area contributed by atoms with Crippen LogP contribution < -0.4 is 19.9 Å². The van der Waals surface area contributed by atoms with Crippen molar-refractivity contribution in [2.45, 2.75) is 13.3 Å². The first-order valence-corrected chi connectivity index (χ1v) is 8.99. The van der Waals surface area contributed by atoms with Crippen molar-refractivity contribution in [2.75, 3.05) is 26.1 Å². The van der Waals surface area contributed by atoms with Gasteiger partial charge in [0.05, 0.1) is 31.7 Å². The van der Waals surface area contributed by atoms with E-state index in [1.54, 1.807) is 19.2 Å². The maximum absolute atomic E-state index is 10.6. The third-order valence-electron chi connectivity index (χ3n) is 4.61. The maximum Gasteiger partial charge on any atom is 0.220 e. The van der Waals surface area contributed by atoms with Crippen LogP contribution in [0.2, 0.25) is 0 Å². The lowest BCUT2D eigenvalue weighted by Crippen LogP contribution is -2.04. The van der Waals surface area contributed by atoms with E-state index in [0.29, 0.717) is 47.4 Å². The standard InChI is InChI=1S/C21H21N3O4/c1-12-18(15-5-3-6-17-20(15)28-10-4-9-27-17)19(24-21(22)23-12)14-8-7-13(26-2)11-16(14)25/h3,5-8,11,25H,4,9-10H2,1-2H3,(H2,22,23,24). The normalized spacial score (nSPS) is 13.1. The van der Waals surface area contributed by atoms with E-state index in [1.807, 2.05) is 25.1 Å². The predicted octanol–water partition coefficient (Wildman–Crippen LogP) is 3.58. The van der Waals surface area contributed by atoms with E-state index in [4.69, 9.17) is 19.9 Å². The molecule has 1 aromatic heterocycles. The van der Waals surface area contributed by atoms with Crippen molar-refractivity contribution in [1.29, 1.82) is 0 Å². The number of hydrogen-bond donors (Lipinski definition) is 2. The first-order chi connectivity index (χ1) is 13.6. The highest BCUT2D eigenvalue weighted by molar-refractivity contribution is 5.89. The number of nitrogens with two attached hydrogens (primary N) is 1. The van der Waals surface area contributed by atoms with E-state index in [-0.39, 0.29) is 11.7 Å². The number of phenolic OH excluding ortho intramolecular Hbond substituents is 1. The molecular formula is C21H21N3O4. The Kier molecular flexibility index (Phi) is 4.65. The molecule has 0 radical (unpaired) electrons. The molecule has 0 fully saturated rings. The second-order valence-electron chi connectivity index (χ2n) is 6.46. The number of aryl methyl sites for hydroxylation is 1. The van der Waals surface area contributed by atoms with E-state index in [0.717, 1.165) is 17.5 Å². The van der Waals surface area contributed by atoms with Gasteiger partial charge < -0.3 is 25.1 Å². The fraction of sp³-hybridized carbons (Fsp3) is 0.238. The number of nitrogen functional groups attached to an aromatic ring is 1. The van der Waals surface area contributed by atoms with Gasteiger partial charge >= 0.3 is 0 Å². The molecule has 7 heteroatoms. The minimum atomic E-state index is 0.0392. The lowest BCUT2D eigenvalue weighted by molar-refractivity contribution is 0.297. The Labute approximate surface area is 162 Å². The Morgan fingerprint density at radius 3 is 2.68 bits per heavy atom. The molecule has 7 nitrogen and oxygen atoms in total. The molecule has 2 aromatic carbocycles. The highest BCUT2D eigenvalue weighted by Gasteiger charge is 2.23. The molecule has 0 amide bonds. The molecule has 0 saturated carbocycles. The van der Waals surface area contributed by atoms with Crippen molar-refractivity contribution in [3.05, 3.63) is 42.1 Å². The summed E-state index contributed by atoms with van der Waals surface area (Å²) in [6.07, 6.45) is 0.803. The van der Waals surface area contributed by atoms with Crippen molar-refractivity contribution in [3.8, 4) is 45.4 Å². The van der Waals surface area contributed by atoms with Crippen LogP contribution in [0.15, 0.2) is 36.4 Å². The fourth-order valence-electron chi connectivity index (χ4n) is 3.34. The predicted molar refractivity (Wildman–Crippen MR) is 106 cm³/mol. The van der Waals surface area contributed by atoms with E-state index >= 15 is 0 Å². The number of fused-ring (bicyclic) bond motifs is 1.